The van der Waals surface area contributed by atoms with Crippen molar-refractivity contribution in [2.75, 3.05) is 13.1 Å². The number of hydrogen-bond acceptors (Lipinski definition) is 2. The Morgan fingerprint density at radius 2 is 1.81 bits per heavy atom. The van der Waals surface area contributed by atoms with Crippen LogP contribution in [0.25, 0.3) is 0 Å². The highest BCUT2D eigenvalue weighted by atomic mass is 79.9. The summed E-state index contributed by atoms with van der Waals surface area (Å²) >= 11 is 9.25. The van der Waals surface area contributed by atoms with E-state index in [4.69, 9.17) is 11.6 Å². The molecule has 2 amide bonds. The molecule has 1 heterocycles. The lowest BCUT2D eigenvalue weighted by Crippen LogP contribution is -2.47. The Balaban J connectivity index is 1.48. The fourth-order valence-corrected chi connectivity index (χ4v) is 3.59. The number of benzene rings is 2. The third-order valence-corrected chi connectivity index (χ3v) is 5.28. The van der Waals surface area contributed by atoms with Gasteiger partial charge in [0.05, 0.1) is 6.42 Å². The molecule has 6 heteroatoms. The predicted molar refractivity (Wildman–Crippen MR) is 106 cm³/mol. The Morgan fingerprint density at radius 1 is 1.12 bits per heavy atom. The molecule has 0 atom stereocenters. The molecule has 3 rings (SSSR count). The van der Waals surface area contributed by atoms with Gasteiger partial charge >= 0.3 is 0 Å². The van der Waals surface area contributed by atoms with E-state index < -0.39 is 0 Å². The molecular formula is C20H20BrClN2O2. The minimum absolute atomic E-state index is 0.0720. The second-order valence-electron chi connectivity index (χ2n) is 6.44. The van der Waals surface area contributed by atoms with Crippen LogP contribution in [0.2, 0.25) is 5.02 Å². The number of amides is 2. The first-order valence-corrected chi connectivity index (χ1v) is 9.77. The minimum atomic E-state index is -0.0720. The molecule has 26 heavy (non-hydrogen) atoms. The Labute approximate surface area is 166 Å². The average Bonchev–Trinajstić information content (AvgIpc) is 2.64. The van der Waals surface area contributed by atoms with Crippen LogP contribution in [0.5, 0.6) is 0 Å². The van der Waals surface area contributed by atoms with Crippen LogP contribution in [0.15, 0.2) is 53.0 Å². The number of rotatable bonds is 4. The van der Waals surface area contributed by atoms with Crippen molar-refractivity contribution in [1.29, 1.82) is 0 Å². The fraction of sp³-hybridized carbons (Fsp3) is 0.300. The number of nitrogens with one attached hydrogen (secondary N) is 1. The SMILES string of the molecule is O=C(NC1CCN(C(=O)Cc2ccc(Cl)cc2)CC1)c1cccc(Br)c1. The molecule has 0 saturated carbocycles. The first-order valence-electron chi connectivity index (χ1n) is 8.60. The molecular weight excluding hydrogens is 416 g/mol. The molecule has 1 N–H and O–H groups in total. The summed E-state index contributed by atoms with van der Waals surface area (Å²) in [5.41, 5.74) is 1.60. The van der Waals surface area contributed by atoms with Crippen molar-refractivity contribution in [3.05, 3.63) is 69.2 Å². The summed E-state index contributed by atoms with van der Waals surface area (Å²) < 4.78 is 0.882. The number of piperidine rings is 1. The number of carbonyl (C=O) groups excluding carboxylic acids is 2. The third kappa shape index (κ3) is 5.08. The zero-order valence-corrected chi connectivity index (χ0v) is 16.6. The van der Waals surface area contributed by atoms with Gasteiger partial charge in [-0.25, -0.2) is 0 Å². The highest BCUT2D eigenvalue weighted by Gasteiger charge is 2.24. The Morgan fingerprint density at radius 3 is 2.46 bits per heavy atom. The minimum Gasteiger partial charge on any atom is -0.349 e. The molecule has 1 aliphatic rings. The molecule has 0 unspecified atom stereocenters. The van der Waals surface area contributed by atoms with E-state index in [0.717, 1.165) is 22.9 Å². The van der Waals surface area contributed by atoms with Gasteiger partial charge in [-0.15, -0.1) is 0 Å². The van der Waals surface area contributed by atoms with Crippen LogP contribution in [0.4, 0.5) is 0 Å². The fourth-order valence-electron chi connectivity index (χ4n) is 3.06. The van der Waals surface area contributed by atoms with Crippen LogP contribution in [-0.4, -0.2) is 35.8 Å². The zero-order valence-electron chi connectivity index (χ0n) is 14.3. The molecule has 4 nitrogen and oxygen atoms in total. The van der Waals surface area contributed by atoms with Crippen molar-refractivity contribution in [2.45, 2.75) is 25.3 Å². The van der Waals surface area contributed by atoms with Crippen LogP contribution in [0.3, 0.4) is 0 Å². The van der Waals surface area contributed by atoms with Crippen LogP contribution in [0.1, 0.15) is 28.8 Å². The van der Waals surface area contributed by atoms with Crippen molar-refractivity contribution in [3.8, 4) is 0 Å². The van der Waals surface area contributed by atoms with E-state index >= 15 is 0 Å². The topological polar surface area (TPSA) is 49.4 Å². The van der Waals surface area contributed by atoms with Gasteiger partial charge in [-0.05, 0) is 48.7 Å². The van der Waals surface area contributed by atoms with Crippen molar-refractivity contribution < 1.29 is 9.59 Å². The predicted octanol–water partition coefficient (Wildman–Crippen LogP) is 4.07. The van der Waals surface area contributed by atoms with Crippen molar-refractivity contribution in [1.82, 2.24) is 10.2 Å². The molecule has 0 aliphatic carbocycles. The van der Waals surface area contributed by atoms with Gasteiger partial charge in [-0.1, -0.05) is 45.7 Å². The Bertz CT molecular complexity index is 787. The lowest BCUT2D eigenvalue weighted by molar-refractivity contribution is -0.131. The van der Waals surface area contributed by atoms with Gasteiger partial charge < -0.3 is 10.2 Å². The molecule has 0 spiro atoms. The first-order chi connectivity index (χ1) is 12.5. The molecule has 1 saturated heterocycles. The van der Waals surface area contributed by atoms with Gasteiger partial charge in [0.25, 0.3) is 5.91 Å². The lowest BCUT2D eigenvalue weighted by atomic mass is 10.0. The number of likely N-dealkylation sites (tertiary alicyclic amines) is 1. The Hall–Kier alpha value is -1.85. The highest BCUT2D eigenvalue weighted by Crippen LogP contribution is 2.16. The van der Waals surface area contributed by atoms with Gasteiger partial charge in [0.2, 0.25) is 5.91 Å². The summed E-state index contributed by atoms with van der Waals surface area (Å²) in [5, 5.41) is 3.74. The molecule has 2 aromatic carbocycles. The summed E-state index contributed by atoms with van der Waals surface area (Å²) in [7, 11) is 0. The second-order valence-corrected chi connectivity index (χ2v) is 7.79. The largest absolute Gasteiger partial charge is 0.349 e. The molecule has 136 valence electrons. The summed E-state index contributed by atoms with van der Waals surface area (Å²) in [5.74, 6) is 0.0429. The maximum Gasteiger partial charge on any atom is 0.251 e. The summed E-state index contributed by atoms with van der Waals surface area (Å²) in [6.07, 6.45) is 1.92. The van der Waals surface area contributed by atoms with E-state index in [-0.39, 0.29) is 17.9 Å². The average molecular weight is 436 g/mol. The van der Waals surface area contributed by atoms with Crippen molar-refractivity contribution in [3.63, 3.8) is 0 Å². The number of halogens is 2. The smallest absolute Gasteiger partial charge is 0.251 e. The Kier molecular flexibility index (Phi) is 6.33. The van der Waals surface area contributed by atoms with Crippen LogP contribution in [0, 0.1) is 0 Å². The normalized spacial score (nSPS) is 14.9. The maximum absolute atomic E-state index is 12.4. The van der Waals surface area contributed by atoms with Gasteiger partial charge in [0.15, 0.2) is 0 Å². The summed E-state index contributed by atoms with van der Waals surface area (Å²) in [6, 6.07) is 14.8. The van der Waals surface area contributed by atoms with Gasteiger partial charge in [0, 0.05) is 34.2 Å². The van der Waals surface area contributed by atoms with Gasteiger partial charge in [-0.2, -0.15) is 0 Å². The van der Waals surface area contributed by atoms with E-state index in [1.54, 1.807) is 24.3 Å². The number of carbonyl (C=O) groups is 2. The first kappa shape index (κ1) is 18.9. The van der Waals surface area contributed by atoms with Crippen LogP contribution >= 0.6 is 27.5 Å². The molecule has 2 aromatic rings. The summed E-state index contributed by atoms with van der Waals surface area (Å²) in [4.78, 5) is 26.6. The number of nitrogens with zero attached hydrogens (tertiary/aromatic N) is 1. The van der Waals surface area contributed by atoms with Gasteiger partial charge in [-0.3, -0.25) is 9.59 Å². The van der Waals surface area contributed by atoms with Crippen molar-refractivity contribution >= 4 is 39.3 Å². The molecule has 1 aliphatic heterocycles. The monoisotopic (exact) mass is 434 g/mol. The molecule has 0 bridgehead atoms. The van der Waals surface area contributed by atoms with E-state index in [9.17, 15) is 9.59 Å². The summed E-state index contributed by atoms with van der Waals surface area (Å²) in [6.45, 7) is 1.33. The highest BCUT2D eigenvalue weighted by molar-refractivity contribution is 9.10. The number of hydrogen-bond donors (Lipinski definition) is 1. The quantitative estimate of drug-likeness (QED) is 0.787. The van der Waals surface area contributed by atoms with E-state index in [2.05, 4.69) is 21.2 Å². The maximum atomic E-state index is 12.4. The standard InChI is InChI=1S/C20H20BrClN2O2/c21-16-3-1-2-15(13-16)20(26)23-18-8-10-24(11-9-18)19(25)12-14-4-6-17(22)7-5-14/h1-7,13,18H,8-12H2,(H,23,26). The van der Waals surface area contributed by atoms with E-state index in [0.29, 0.717) is 30.1 Å². The molecule has 0 aromatic heterocycles. The molecule has 0 radical (unpaired) electrons. The third-order valence-electron chi connectivity index (χ3n) is 4.54. The van der Waals surface area contributed by atoms with E-state index in [1.807, 2.05) is 29.2 Å². The molecule has 1 fully saturated rings. The lowest BCUT2D eigenvalue weighted by Gasteiger charge is -2.32. The van der Waals surface area contributed by atoms with E-state index in [1.165, 1.54) is 0 Å². The second kappa shape index (κ2) is 8.69. The zero-order chi connectivity index (χ0) is 18.5. The van der Waals surface area contributed by atoms with Crippen molar-refractivity contribution in [2.24, 2.45) is 0 Å². The van der Waals surface area contributed by atoms with Crippen LogP contribution in [-0.2, 0) is 11.2 Å². The van der Waals surface area contributed by atoms with Gasteiger partial charge in [0.1, 0.15) is 0 Å². The van der Waals surface area contributed by atoms with Crippen LogP contribution < -0.4 is 5.32 Å².